The van der Waals surface area contributed by atoms with E-state index in [2.05, 4.69) is 10.5 Å². The molecule has 0 aliphatic rings. The van der Waals surface area contributed by atoms with Crippen LogP contribution in [0, 0.1) is 10.1 Å². The number of nitrogens with zero attached hydrogens (tertiary/aromatic N) is 2. The standard InChI is InChI=1S/C12H15N3O4/c1-3-19-12(16)8-9(2)13-14-10-4-6-11(7-5-10)15(17)18/h4-7,14H,3,8H2,1-2H3/b13-9-. The number of esters is 1. The van der Waals surface area contributed by atoms with Crippen molar-refractivity contribution in [3.63, 3.8) is 0 Å². The van der Waals surface area contributed by atoms with Gasteiger partial charge in [0.15, 0.2) is 0 Å². The summed E-state index contributed by atoms with van der Waals surface area (Å²) < 4.78 is 4.78. The van der Waals surface area contributed by atoms with Crippen molar-refractivity contribution < 1.29 is 14.5 Å². The second-order valence-corrected chi connectivity index (χ2v) is 3.74. The molecule has 0 spiro atoms. The molecule has 0 unspecified atom stereocenters. The fourth-order valence-corrected chi connectivity index (χ4v) is 1.28. The van der Waals surface area contributed by atoms with Crippen LogP contribution in [0.15, 0.2) is 29.4 Å². The maximum absolute atomic E-state index is 11.2. The van der Waals surface area contributed by atoms with E-state index in [4.69, 9.17) is 4.74 Å². The van der Waals surface area contributed by atoms with Gasteiger partial charge in [-0.1, -0.05) is 0 Å². The van der Waals surface area contributed by atoms with Gasteiger partial charge >= 0.3 is 5.97 Å². The molecule has 0 aromatic heterocycles. The molecule has 0 atom stereocenters. The normalized spacial score (nSPS) is 10.9. The van der Waals surface area contributed by atoms with Crippen molar-refractivity contribution in [2.45, 2.75) is 20.3 Å². The van der Waals surface area contributed by atoms with E-state index in [9.17, 15) is 14.9 Å². The van der Waals surface area contributed by atoms with Gasteiger partial charge in [-0.2, -0.15) is 5.10 Å². The Morgan fingerprint density at radius 3 is 2.58 bits per heavy atom. The molecule has 0 amide bonds. The number of anilines is 1. The van der Waals surface area contributed by atoms with Gasteiger partial charge in [0.1, 0.15) is 0 Å². The van der Waals surface area contributed by atoms with Crippen LogP contribution in [0.2, 0.25) is 0 Å². The molecule has 19 heavy (non-hydrogen) atoms. The van der Waals surface area contributed by atoms with Crippen LogP contribution in [0.5, 0.6) is 0 Å². The lowest BCUT2D eigenvalue weighted by Crippen LogP contribution is -2.10. The first-order valence-electron chi connectivity index (χ1n) is 5.72. The monoisotopic (exact) mass is 265 g/mol. The maximum Gasteiger partial charge on any atom is 0.311 e. The Balaban J connectivity index is 2.55. The predicted octanol–water partition coefficient (Wildman–Crippen LogP) is 2.34. The van der Waals surface area contributed by atoms with E-state index in [1.807, 2.05) is 0 Å². The van der Waals surface area contributed by atoms with Crippen LogP contribution in [-0.2, 0) is 9.53 Å². The Bertz CT molecular complexity index is 482. The fraction of sp³-hybridized carbons (Fsp3) is 0.333. The minimum absolute atomic E-state index is 0.0118. The molecule has 7 heteroatoms. The average Bonchev–Trinajstić information content (AvgIpc) is 2.37. The Hall–Kier alpha value is -2.44. The van der Waals surface area contributed by atoms with E-state index < -0.39 is 4.92 Å². The molecule has 0 fully saturated rings. The summed E-state index contributed by atoms with van der Waals surface area (Å²) in [7, 11) is 0. The number of hydrogen-bond donors (Lipinski definition) is 1. The predicted molar refractivity (Wildman–Crippen MR) is 71.1 cm³/mol. The van der Waals surface area contributed by atoms with E-state index in [1.165, 1.54) is 12.1 Å². The van der Waals surface area contributed by atoms with Gasteiger partial charge in [-0.15, -0.1) is 0 Å². The number of ether oxygens (including phenoxy) is 1. The highest BCUT2D eigenvalue weighted by Crippen LogP contribution is 2.15. The molecule has 1 aromatic rings. The van der Waals surface area contributed by atoms with Gasteiger partial charge in [0.25, 0.3) is 5.69 Å². The molecular weight excluding hydrogens is 250 g/mol. The fourth-order valence-electron chi connectivity index (χ4n) is 1.28. The summed E-state index contributed by atoms with van der Waals surface area (Å²) in [5, 5.41) is 14.5. The highest BCUT2D eigenvalue weighted by atomic mass is 16.6. The summed E-state index contributed by atoms with van der Waals surface area (Å²) in [6.07, 6.45) is 0.105. The van der Waals surface area contributed by atoms with E-state index in [0.29, 0.717) is 18.0 Å². The first-order valence-corrected chi connectivity index (χ1v) is 5.72. The van der Waals surface area contributed by atoms with Crippen molar-refractivity contribution in [2.24, 2.45) is 5.10 Å². The summed E-state index contributed by atoms with van der Waals surface area (Å²) in [5.41, 5.74) is 3.90. The van der Waals surface area contributed by atoms with Crippen LogP contribution in [0.1, 0.15) is 20.3 Å². The number of benzene rings is 1. The van der Waals surface area contributed by atoms with Gasteiger partial charge in [0, 0.05) is 17.8 Å². The number of nitro groups is 1. The van der Waals surface area contributed by atoms with Crippen LogP contribution in [0.25, 0.3) is 0 Å². The number of hydrazone groups is 1. The average molecular weight is 265 g/mol. The molecule has 1 N–H and O–H groups in total. The van der Waals surface area contributed by atoms with Crippen molar-refractivity contribution in [1.82, 2.24) is 0 Å². The summed E-state index contributed by atoms with van der Waals surface area (Å²) in [6, 6.07) is 5.83. The van der Waals surface area contributed by atoms with Gasteiger partial charge in [-0.3, -0.25) is 20.3 Å². The van der Waals surface area contributed by atoms with Crippen LogP contribution >= 0.6 is 0 Å². The smallest absolute Gasteiger partial charge is 0.311 e. The lowest BCUT2D eigenvalue weighted by molar-refractivity contribution is -0.384. The molecular formula is C12H15N3O4. The highest BCUT2D eigenvalue weighted by Gasteiger charge is 2.05. The van der Waals surface area contributed by atoms with Crippen molar-refractivity contribution in [1.29, 1.82) is 0 Å². The number of non-ortho nitro benzene ring substituents is 1. The van der Waals surface area contributed by atoms with E-state index in [-0.39, 0.29) is 18.1 Å². The molecule has 7 nitrogen and oxygen atoms in total. The summed E-state index contributed by atoms with van der Waals surface area (Å²) in [6.45, 7) is 3.76. The van der Waals surface area contributed by atoms with Gasteiger partial charge in [-0.25, -0.2) is 0 Å². The molecule has 1 aromatic carbocycles. The maximum atomic E-state index is 11.2. The summed E-state index contributed by atoms with van der Waals surface area (Å²) >= 11 is 0. The zero-order chi connectivity index (χ0) is 14.3. The number of carbonyl (C=O) groups is 1. The van der Waals surface area contributed by atoms with Gasteiger partial charge < -0.3 is 4.74 Å². The summed E-state index contributed by atoms with van der Waals surface area (Å²) in [4.78, 5) is 21.2. The second-order valence-electron chi connectivity index (χ2n) is 3.74. The largest absolute Gasteiger partial charge is 0.466 e. The Kier molecular flexibility index (Phi) is 5.46. The number of hydrogen-bond acceptors (Lipinski definition) is 6. The molecule has 102 valence electrons. The van der Waals surface area contributed by atoms with Crippen molar-refractivity contribution >= 4 is 23.1 Å². The number of nitrogens with one attached hydrogen (secondary N) is 1. The first kappa shape index (κ1) is 14.6. The van der Waals surface area contributed by atoms with Crippen LogP contribution in [0.4, 0.5) is 11.4 Å². The Morgan fingerprint density at radius 2 is 2.05 bits per heavy atom. The zero-order valence-electron chi connectivity index (χ0n) is 10.8. The van der Waals surface area contributed by atoms with Crippen LogP contribution in [0.3, 0.4) is 0 Å². The third-order valence-corrected chi connectivity index (χ3v) is 2.16. The van der Waals surface area contributed by atoms with E-state index in [1.54, 1.807) is 26.0 Å². The van der Waals surface area contributed by atoms with Crippen molar-refractivity contribution in [3.8, 4) is 0 Å². The molecule has 0 radical (unpaired) electrons. The third kappa shape index (κ3) is 5.15. The zero-order valence-corrected chi connectivity index (χ0v) is 10.8. The molecule has 0 saturated heterocycles. The molecule has 0 bridgehead atoms. The SMILES string of the molecule is CCOC(=O)C/C(C)=N\Nc1ccc([N+](=O)[O-])cc1. The summed E-state index contributed by atoms with van der Waals surface area (Å²) in [5.74, 6) is -0.339. The Morgan fingerprint density at radius 1 is 1.42 bits per heavy atom. The van der Waals surface area contributed by atoms with Crippen molar-refractivity contribution in [3.05, 3.63) is 34.4 Å². The quantitative estimate of drug-likeness (QED) is 0.368. The van der Waals surface area contributed by atoms with E-state index in [0.717, 1.165) is 0 Å². The van der Waals surface area contributed by atoms with Gasteiger partial charge in [0.2, 0.25) is 0 Å². The van der Waals surface area contributed by atoms with Crippen LogP contribution in [-0.4, -0.2) is 23.2 Å². The van der Waals surface area contributed by atoms with Crippen LogP contribution < -0.4 is 5.43 Å². The minimum Gasteiger partial charge on any atom is -0.466 e. The highest BCUT2D eigenvalue weighted by molar-refractivity contribution is 5.97. The molecule has 0 heterocycles. The van der Waals surface area contributed by atoms with E-state index >= 15 is 0 Å². The first-order chi connectivity index (χ1) is 9.02. The Labute approximate surface area is 110 Å². The lowest BCUT2D eigenvalue weighted by Gasteiger charge is -2.03. The number of rotatable bonds is 6. The van der Waals surface area contributed by atoms with Gasteiger partial charge in [-0.05, 0) is 26.0 Å². The third-order valence-electron chi connectivity index (χ3n) is 2.16. The molecule has 0 aliphatic carbocycles. The lowest BCUT2D eigenvalue weighted by atomic mass is 10.3. The second kappa shape index (κ2) is 7.10. The van der Waals surface area contributed by atoms with Gasteiger partial charge in [0.05, 0.1) is 23.6 Å². The van der Waals surface area contributed by atoms with Crippen molar-refractivity contribution in [2.75, 3.05) is 12.0 Å². The molecule has 0 aliphatic heterocycles. The molecule has 1 rings (SSSR count). The number of carbonyl (C=O) groups excluding carboxylic acids is 1. The number of nitro benzene ring substituents is 1. The topological polar surface area (TPSA) is 93.8 Å². The molecule has 0 saturated carbocycles. The minimum atomic E-state index is -0.473.